The summed E-state index contributed by atoms with van der Waals surface area (Å²) in [5.41, 5.74) is 2.38. The summed E-state index contributed by atoms with van der Waals surface area (Å²) in [5.74, 6) is 0.831. The smallest absolute Gasteiger partial charge is 0.412 e. The second kappa shape index (κ2) is 7.34. The molecule has 0 saturated heterocycles. The molecule has 0 aliphatic carbocycles. The van der Waals surface area contributed by atoms with Gasteiger partial charge in [0.25, 0.3) is 0 Å². The highest BCUT2D eigenvalue weighted by Gasteiger charge is 2.16. The Labute approximate surface area is 143 Å². The van der Waals surface area contributed by atoms with Crippen molar-refractivity contribution < 1.29 is 9.53 Å². The minimum atomic E-state index is -0.526. The SMILES string of the molecule is CCN(c1cccc(C)c1)c1ccc(NC(=O)OC(C)(C)C)cn1. The average Bonchev–Trinajstić information content (AvgIpc) is 2.48. The highest BCUT2D eigenvalue weighted by atomic mass is 16.6. The van der Waals surface area contributed by atoms with Gasteiger partial charge in [-0.2, -0.15) is 0 Å². The zero-order valence-corrected chi connectivity index (χ0v) is 15.0. The number of hydrogen-bond donors (Lipinski definition) is 1. The number of carbonyl (C=O) groups is 1. The number of ether oxygens (including phenoxy) is 1. The monoisotopic (exact) mass is 327 g/mol. The van der Waals surface area contributed by atoms with Gasteiger partial charge in [-0.05, 0) is 64.4 Å². The van der Waals surface area contributed by atoms with E-state index in [0.29, 0.717) is 5.69 Å². The van der Waals surface area contributed by atoms with Crippen LogP contribution in [0.15, 0.2) is 42.6 Å². The molecule has 1 amide bonds. The van der Waals surface area contributed by atoms with Gasteiger partial charge in [0.2, 0.25) is 0 Å². The number of aryl methyl sites for hydroxylation is 1. The minimum Gasteiger partial charge on any atom is -0.444 e. The molecule has 24 heavy (non-hydrogen) atoms. The molecule has 0 aliphatic rings. The number of aromatic nitrogens is 1. The maximum atomic E-state index is 11.8. The van der Waals surface area contributed by atoms with E-state index in [1.807, 2.05) is 39.0 Å². The molecule has 2 aromatic rings. The standard InChI is InChI=1S/C19H25N3O2/c1-6-22(16-9-7-8-14(2)12-16)17-11-10-15(13-20-17)21-18(23)24-19(3,4)5/h7-13H,6H2,1-5H3,(H,21,23). The van der Waals surface area contributed by atoms with Crippen LogP contribution < -0.4 is 10.2 Å². The van der Waals surface area contributed by atoms with Crippen molar-refractivity contribution in [2.75, 3.05) is 16.8 Å². The molecule has 0 fully saturated rings. The molecule has 0 unspecified atom stereocenters. The van der Waals surface area contributed by atoms with Gasteiger partial charge >= 0.3 is 6.09 Å². The molecule has 0 radical (unpaired) electrons. The summed E-state index contributed by atoms with van der Waals surface area (Å²) in [6, 6.07) is 12.0. The van der Waals surface area contributed by atoms with Gasteiger partial charge in [-0.15, -0.1) is 0 Å². The van der Waals surface area contributed by atoms with Gasteiger partial charge in [-0.3, -0.25) is 5.32 Å². The number of hydrogen-bond acceptors (Lipinski definition) is 4. The predicted octanol–water partition coefficient (Wildman–Crippen LogP) is 4.90. The lowest BCUT2D eigenvalue weighted by Crippen LogP contribution is -2.27. The summed E-state index contributed by atoms with van der Waals surface area (Å²) in [5, 5.41) is 2.69. The van der Waals surface area contributed by atoms with Gasteiger partial charge in [0, 0.05) is 12.2 Å². The van der Waals surface area contributed by atoms with E-state index in [4.69, 9.17) is 4.74 Å². The number of nitrogens with one attached hydrogen (secondary N) is 1. The first-order valence-corrected chi connectivity index (χ1v) is 8.09. The maximum absolute atomic E-state index is 11.8. The number of pyridine rings is 1. The fourth-order valence-corrected chi connectivity index (χ4v) is 2.31. The topological polar surface area (TPSA) is 54.5 Å². The lowest BCUT2D eigenvalue weighted by Gasteiger charge is -2.23. The Hall–Kier alpha value is -2.56. The van der Waals surface area contributed by atoms with Crippen LogP contribution in [0.3, 0.4) is 0 Å². The second-order valence-electron chi connectivity index (χ2n) is 6.62. The molecule has 0 aliphatic heterocycles. The van der Waals surface area contributed by atoms with E-state index in [0.717, 1.165) is 18.1 Å². The summed E-state index contributed by atoms with van der Waals surface area (Å²) >= 11 is 0. The van der Waals surface area contributed by atoms with Crippen molar-refractivity contribution in [3.8, 4) is 0 Å². The van der Waals surface area contributed by atoms with Crippen molar-refractivity contribution in [2.24, 2.45) is 0 Å². The Morgan fingerprint density at radius 1 is 1.25 bits per heavy atom. The van der Waals surface area contributed by atoms with Crippen LogP contribution in [0.1, 0.15) is 33.3 Å². The molecule has 0 atom stereocenters. The maximum Gasteiger partial charge on any atom is 0.412 e. The zero-order chi connectivity index (χ0) is 17.7. The van der Waals surface area contributed by atoms with Crippen molar-refractivity contribution >= 4 is 23.3 Å². The Bertz CT molecular complexity index is 691. The molecular formula is C19H25N3O2. The molecule has 5 heteroatoms. The molecule has 0 spiro atoms. The Morgan fingerprint density at radius 3 is 2.54 bits per heavy atom. The largest absolute Gasteiger partial charge is 0.444 e. The number of anilines is 3. The number of benzene rings is 1. The Kier molecular flexibility index (Phi) is 5.44. The third-order valence-electron chi connectivity index (χ3n) is 3.30. The number of amides is 1. The molecule has 1 aromatic heterocycles. The summed E-state index contributed by atoms with van der Waals surface area (Å²) in [6.07, 6.45) is 1.15. The van der Waals surface area contributed by atoms with E-state index in [1.165, 1.54) is 5.56 Å². The molecule has 1 aromatic carbocycles. The third kappa shape index (κ3) is 4.98. The first kappa shape index (κ1) is 17.8. The number of nitrogens with zero attached hydrogens (tertiary/aromatic N) is 2. The molecular weight excluding hydrogens is 302 g/mol. The van der Waals surface area contributed by atoms with Gasteiger partial charge in [-0.1, -0.05) is 12.1 Å². The van der Waals surface area contributed by atoms with Gasteiger partial charge in [0.15, 0.2) is 0 Å². The average molecular weight is 327 g/mol. The van der Waals surface area contributed by atoms with Crippen LogP contribution in [0, 0.1) is 6.92 Å². The molecule has 128 valence electrons. The van der Waals surface area contributed by atoms with E-state index >= 15 is 0 Å². The third-order valence-corrected chi connectivity index (χ3v) is 3.30. The molecule has 0 saturated carbocycles. The van der Waals surface area contributed by atoms with E-state index in [1.54, 1.807) is 6.20 Å². The van der Waals surface area contributed by atoms with Crippen LogP contribution in [-0.2, 0) is 4.74 Å². The first-order valence-electron chi connectivity index (χ1n) is 8.09. The van der Waals surface area contributed by atoms with Crippen LogP contribution >= 0.6 is 0 Å². The quantitative estimate of drug-likeness (QED) is 0.868. The molecule has 1 heterocycles. The molecule has 0 bridgehead atoms. The Balaban J connectivity index is 2.11. The van der Waals surface area contributed by atoms with Gasteiger partial charge in [-0.25, -0.2) is 9.78 Å². The molecule has 5 nitrogen and oxygen atoms in total. The lowest BCUT2D eigenvalue weighted by atomic mass is 10.2. The summed E-state index contributed by atoms with van der Waals surface area (Å²) in [4.78, 5) is 18.4. The zero-order valence-electron chi connectivity index (χ0n) is 15.0. The van der Waals surface area contributed by atoms with E-state index in [2.05, 4.69) is 47.2 Å². The van der Waals surface area contributed by atoms with Crippen LogP contribution in [0.4, 0.5) is 22.0 Å². The number of carbonyl (C=O) groups excluding carboxylic acids is 1. The normalized spacial score (nSPS) is 11.0. The van der Waals surface area contributed by atoms with Crippen LogP contribution in [-0.4, -0.2) is 23.2 Å². The van der Waals surface area contributed by atoms with Crippen molar-refractivity contribution in [2.45, 2.75) is 40.2 Å². The van der Waals surface area contributed by atoms with E-state index < -0.39 is 11.7 Å². The first-order chi connectivity index (χ1) is 11.3. The molecule has 1 N–H and O–H groups in total. The second-order valence-corrected chi connectivity index (χ2v) is 6.62. The van der Waals surface area contributed by atoms with Gasteiger partial charge in [0.1, 0.15) is 11.4 Å². The summed E-state index contributed by atoms with van der Waals surface area (Å²) in [7, 11) is 0. The Morgan fingerprint density at radius 2 is 2.00 bits per heavy atom. The minimum absolute atomic E-state index is 0.483. The number of rotatable bonds is 4. The molecule has 2 rings (SSSR count). The van der Waals surface area contributed by atoms with Crippen molar-refractivity contribution in [1.29, 1.82) is 0 Å². The van der Waals surface area contributed by atoms with Crippen LogP contribution in [0.5, 0.6) is 0 Å². The summed E-state index contributed by atoms with van der Waals surface area (Å²) in [6.45, 7) is 10.4. The fraction of sp³-hybridized carbons (Fsp3) is 0.368. The van der Waals surface area contributed by atoms with Crippen LogP contribution in [0.2, 0.25) is 0 Å². The van der Waals surface area contributed by atoms with E-state index in [-0.39, 0.29) is 0 Å². The fourth-order valence-electron chi connectivity index (χ4n) is 2.31. The lowest BCUT2D eigenvalue weighted by molar-refractivity contribution is 0.0636. The summed E-state index contributed by atoms with van der Waals surface area (Å²) < 4.78 is 5.23. The highest BCUT2D eigenvalue weighted by Crippen LogP contribution is 2.25. The van der Waals surface area contributed by atoms with E-state index in [9.17, 15) is 4.79 Å². The van der Waals surface area contributed by atoms with Crippen LogP contribution in [0.25, 0.3) is 0 Å². The highest BCUT2D eigenvalue weighted by molar-refractivity contribution is 5.84. The van der Waals surface area contributed by atoms with Crippen molar-refractivity contribution in [3.63, 3.8) is 0 Å². The van der Waals surface area contributed by atoms with Gasteiger partial charge in [0.05, 0.1) is 11.9 Å². The van der Waals surface area contributed by atoms with Crippen molar-refractivity contribution in [3.05, 3.63) is 48.2 Å². The van der Waals surface area contributed by atoms with Gasteiger partial charge < -0.3 is 9.64 Å². The predicted molar refractivity (Wildman–Crippen MR) is 98.0 cm³/mol. The van der Waals surface area contributed by atoms with Crippen molar-refractivity contribution in [1.82, 2.24) is 4.98 Å².